The topological polar surface area (TPSA) is 58.4 Å². The lowest BCUT2D eigenvalue weighted by atomic mass is 10.1. The molecule has 0 saturated heterocycles. The minimum absolute atomic E-state index is 0.0225. The number of anilines is 1. The second-order valence-electron chi connectivity index (χ2n) is 5.31. The molecule has 0 aromatic heterocycles. The summed E-state index contributed by atoms with van der Waals surface area (Å²) in [6.07, 6.45) is 1.66. The predicted molar refractivity (Wildman–Crippen MR) is 84.8 cm³/mol. The molecule has 0 radical (unpaired) electrons. The molecule has 0 bridgehead atoms. The van der Waals surface area contributed by atoms with Gasteiger partial charge in [-0.25, -0.2) is 4.39 Å². The van der Waals surface area contributed by atoms with Crippen LogP contribution < -0.4 is 16.0 Å². The Kier molecular flexibility index (Phi) is 7.15. The SMILES string of the molecule is CCC(C)NC(=O)C(C)N(CCCN)c1ccc(F)cc1. The number of nitrogens with zero attached hydrogens (tertiary/aromatic N) is 1. The normalized spacial score (nSPS) is 13.6. The summed E-state index contributed by atoms with van der Waals surface area (Å²) in [6, 6.07) is 6.02. The zero-order valence-corrected chi connectivity index (χ0v) is 13.1. The van der Waals surface area contributed by atoms with E-state index in [1.54, 1.807) is 12.1 Å². The maximum atomic E-state index is 13.1. The van der Waals surface area contributed by atoms with Gasteiger partial charge < -0.3 is 16.0 Å². The number of hydrogen-bond donors (Lipinski definition) is 2. The van der Waals surface area contributed by atoms with Gasteiger partial charge in [0.25, 0.3) is 0 Å². The first-order valence-corrected chi connectivity index (χ1v) is 7.52. The highest BCUT2D eigenvalue weighted by molar-refractivity contribution is 5.85. The van der Waals surface area contributed by atoms with Gasteiger partial charge in [-0.05, 0) is 57.5 Å². The Bertz CT molecular complexity index is 436. The maximum Gasteiger partial charge on any atom is 0.242 e. The monoisotopic (exact) mass is 295 g/mol. The second kappa shape index (κ2) is 8.62. The van der Waals surface area contributed by atoms with Crippen molar-refractivity contribution in [3.63, 3.8) is 0 Å². The number of halogens is 1. The molecule has 0 saturated carbocycles. The highest BCUT2D eigenvalue weighted by Crippen LogP contribution is 2.18. The summed E-state index contributed by atoms with van der Waals surface area (Å²) in [7, 11) is 0. The van der Waals surface area contributed by atoms with Crippen molar-refractivity contribution in [2.24, 2.45) is 5.73 Å². The van der Waals surface area contributed by atoms with Crippen molar-refractivity contribution in [1.82, 2.24) is 5.32 Å². The van der Waals surface area contributed by atoms with Crippen molar-refractivity contribution in [3.05, 3.63) is 30.1 Å². The molecule has 0 aliphatic carbocycles. The van der Waals surface area contributed by atoms with Gasteiger partial charge in [-0.2, -0.15) is 0 Å². The number of benzene rings is 1. The van der Waals surface area contributed by atoms with E-state index in [1.807, 2.05) is 25.7 Å². The Morgan fingerprint density at radius 3 is 2.48 bits per heavy atom. The van der Waals surface area contributed by atoms with E-state index in [2.05, 4.69) is 5.32 Å². The summed E-state index contributed by atoms with van der Waals surface area (Å²) in [6.45, 7) is 7.08. The van der Waals surface area contributed by atoms with Crippen LogP contribution in [-0.4, -0.2) is 31.1 Å². The lowest BCUT2D eigenvalue weighted by Crippen LogP contribution is -2.48. The first-order valence-electron chi connectivity index (χ1n) is 7.52. The van der Waals surface area contributed by atoms with E-state index in [4.69, 9.17) is 5.73 Å². The molecular formula is C16H26FN3O. The van der Waals surface area contributed by atoms with Crippen LogP contribution in [0.2, 0.25) is 0 Å². The number of amides is 1. The molecule has 0 spiro atoms. The lowest BCUT2D eigenvalue weighted by Gasteiger charge is -2.31. The summed E-state index contributed by atoms with van der Waals surface area (Å²) < 4.78 is 13.1. The maximum absolute atomic E-state index is 13.1. The van der Waals surface area contributed by atoms with Crippen molar-refractivity contribution in [1.29, 1.82) is 0 Å². The van der Waals surface area contributed by atoms with Gasteiger partial charge in [0.1, 0.15) is 11.9 Å². The fourth-order valence-corrected chi connectivity index (χ4v) is 2.05. The molecule has 2 atom stereocenters. The van der Waals surface area contributed by atoms with Gasteiger partial charge in [-0.3, -0.25) is 4.79 Å². The third-order valence-corrected chi connectivity index (χ3v) is 3.61. The van der Waals surface area contributed by atoms with E-state index < -0.39 is 0 Å². The highest BCUT2D eigenvalue weighted by atomic mass is 19.1. The number of nitrogens with two attached hydrogens (primary N) is 1. The van der Waals surface area contributed by atoms with E-state index in [0.717, 1.165) is 18.5 Å². The Morgan fingerprint density at radius 1 is 1.33 bits per heavy atom. The summed E-state index contributed by atoms with van der Waals surface area (Å²) in [5.41, 5.74) is 6.40. The van der Waals surface area contributed by atoms with Crippen LogP contribution in [0.5, 0.6) is 0 Å². The zero-order chi connectivity index (χ0) is 15.8. The number of carbonyl (C=O) groups is 1. The molecule has 0 aliphatic heterocycles. The van der Waals surface area contributed by atoms with Crippen molar-refractivity contribution in [2.75, 3.05) is 18.0 Å². The van der Waals surface area contributed by atoms with Crippen molar-refractivity contribution in [3.8, 4) is 0 Å². The van der Waals surface area contributed by atoms with Gasteiger partial charge in [-0.15, -0.1) is 0 Å². The minimum atomic E-state index is -0.323. The molecule has 2 unspecified atom stereocenters. The number of rotatable bonds is 8. The molecule has 4 nitrogen and oxygen atoms in total. The van der Waals surface area contributed by atoms with Gasteiger partial charge in [0.15, 0.2) is 0 Å². The molecule has 118 valence electrons. The molecule has 1 amide bonds. The van der Waals surface area contributed by atoms with Gasteiger partial charge in [-0.1, -0.05) is 6.92 Å². The van der Waals surface area contributed by atoms with Gasteiger partial charge in [0, 0.05) is 18.3 Å². The number of carbonyl (C=O) groups excluding carboxylic acids is 1. The van der Waals surface area contributed by atoms with Crippen LogP contribution in [0.15, 0.2) is 24.3 Å². The highest BCUT2D eigenvalue weighted by Gasteiger charge is 2.22. The molecule has 1 rings (SSSR count). The van der Waals surface area contributed by atoms with Crippen LogP contribution in [0, 0.1) is 5.82 Å². The summed E-state index contributed by atoms with van der Waals surface area (Å²) in [5.74, 6) is -0.306. The fraction of sp³-hybridized carbons (Fsp3) is 0.562. The van der Waals surface area contributed by atoms with E-state index in [1.165, 1.54) is 12.1 Å². The third-order valence-electron chi connectivity index (χ3n) is 3.61. The van der Waals surface area contributed by atoms with Crippen molar-refractivity contribution in [2.45, 2.75) is 45.7 Å². The summed E-state index contributed by atoms with van der Waals surface area (Å²) in [5, 5.41) is 2.98. The van der Waals surface area contributed by atoms with E-state index in [-0.39, 0.29) is 23.8 Å². The Hall–Kier alpha value is -1.62. The fourth-order valence-electron chi connectivity index (χ4n) is 2.05. The molecule has 21 heavy (non-hydrogen) atoms. The van der Waals surface area contributed by atoms with Crippen LogP contribution in [-0.2, 0) is 4.79 Å². The van der Waals surface area contributed by atoms with Crippen LogP contribution in [0.1, 0.15) is 33.6 Å². The molecule has 1 aromatic rings. The molecule has 1 aromatic carbocycles. The first-order chi connectivity index (χ1) is 9.99. The van der Waals surface area contributed by atoms with Gasteiger partial charge in [0.05, 0.1) is 0 Å². The molecule has 0 aliphatic rings. The number of nitrogens with one attached hydrogen (secondary N) is 1. The van der Waals surface area contributed by atoms with E-state index in [9.17, 15) is 9.18 Å². The second-order valence-corrected chi connectivity index (χ2v) is 5.31. The average molecular weight is 295 g/mol. The van der Waals surface area contributed by atoms with E-state index >= 15 is 0 Å². The van der Waals surface area contributed by atoms with Crippen molar-refractivity contribution >= 4 is 11.6 Å². The smallest absolute Gasteiger partial charge is 0.242 e. The van der Waals surface area contributed by atoms with Crippen LogP contribution in [0.25, 0.3) is 0 Å². The quantitative estimate of drug-likeness (QED) is 0.773. The van der Waals surface area contributed by atoms with Crippen LogP contribution in [0.3, 0.4) is 0 Å². The summed E-state index contributed by atoms with van der Waals surface area (Å²) in [4.78, 5) is 14.3. The molecular weight excluding hydrogens is 269 g/mol. The molecule has 0 heterocycles. The lowest BCUT2D eigenvalue weighted by molar-refractivity contribution is -0.122. The largest absolute Gasteiger partial charge is 0.360 e. The van der Waals surface area contributed by atoms with Crippen LogP contribution in [0.4, 0.5) is 10.1 Å². The molecule has 0 fully saturated rings. The minimum Gasteiger partial charge on any atom is -0.360 e. The Morgan fingerprint density at radius 2 is 1.95 bits per heavy atom. The van der Waals surface area contributed by atoms with Crippen LogP contribution >= 0.6 is 0 Å². The zero-order valence-electron chi connectivity index (χ0n) is 13.1. The predicted octanol–water partition coefficient (Wildman–Crippen LogP) is 2.28. The number of hydrogen-bond acceptors (Lipinski definition) is 3. The van der Waals surface area contributed by atoms with E-state index in [0.29, 0.717) is 13.1 Å². The third kappa shape index (κ3) is 5.34. The van der Waals surface area contributed by atoms with Gasteiger partial charge in [0.2, 0.25) is 5.91 Å². The van der Waals surface area contributed by atoms with Crippen molar-refractivity contribution < 1.29 is 9.18 Å². The Labute approximate surface area is 126 Å². The summed E-state index contributed by atoms with van der Waals surface area (Å²) >= 11 is 0. The molecule has 3 N–H and O–H groups in total. The van der Waals surface area contributed by atoms with Gasteiger partial charge >= 0.3 is 0 Å². The average Bonchev–Trinajstić information content (AvgIpc) is 2.48. The molecule has 5 heteroatoms. The Balaban J connectivity index is 2.85. The standard InChI is InChI=1S/C16H26FN3O/c1-4-12(2)19-16(21)13(3)20(11-5-10-18)15-8-6-14(17)7-9-15/h6-9,12-13H,4-5,10-11,18H2,1-3H3,(H,19,21). The first kappa shape index (κ1) is 17.4.